The third kappa shape index (κ3) is 2.95. The third-order valence-electron chi connectivity index (χ3n) is 3.64. The summed E-state index contributed by atoms with van der Waals surface area (Å²) in [6.45, 7) is 3.49. The normalized spacial score (nSPS) is 10.8. The minimum Gasteiger partial charge on any atom is -0.316 e. The molecule has 0 bridgehead atoms. The van der Waals surface area contributed by atoms with E-state index < -0.39 is 5.91 Å². The van der Waals surface area contributed by atoms with Crippen molar-refractivity contribution in [3.63, 3.8) is 0 Å². The van der Waals surface area contributed by atoms with Gasteiger partial charge in [-0.25, -0.2) is 4.98 Å². The molecule has 1 amide bonds. The van der Waals surface area contributed by atoms with Crippen LogP contribution in [0.3, 0.4) is 0 Å². The molecule has 0 saturated carbocycles. The maximum absolute atomic E-state index is 12.8. The average molecular weight is 407 g/mol. The van der Waals surface area contributed by atoms with Gasteiger partial charge in [-0.05, 0) is 44.2 Å². The van der Waals surface area contributed by atoms with Crippen molar-refractivity contribution >= 4 is 44.8 Å². The van der Waals surface area contributed by atoms with Gasteiger partial charge in [0.15, 0.2) is 0 Å². The maximum atomic E-state index is 12.8. The van der Waals surface area contributed by atoms with E-state index in [9.17, 15) is 9.59 Å². The molecule has 0 aliphatic rings. The summed E-state index contributed by atoms with van der Waals surface area (Å²) in [7, 11) is 0. The molecule has 5 nitrogen and oxygen atoms in total. The van der Waals surface area contributed by atoms with Crippen LogP contribution in [0.25, 0.3) is 5.65 Å². The molecule has 0 aliphatic heterocycles. The summed E-state index contributed by atoms with van der Waals surface area (Å²) in [6.07, 6.45) is 0. The van der Waals surface area contributed by atoms with E-state index in [1.54, 1.807) is 31.2 Å². The summed E-state index contributed by atoms with van der Waals surface area (Å²) in [6, 6.07) is 10.3. The molecule has 7 heteroatoms. The Hall–Kier alpha value is -2.18. The van der Waals surface area contributed by atoms with Crippen molar-refractivity contribution in [3.05, 3.63) is 73.2 Å². The second-order valence-electron chi connectivity index (χ2n) is 5.32. The van der Waals surface area contributed by atoms with Crippen molar-refractivity contribution < 1.29 is 4.79 Å². The first kappa shape index (κ1) is 16.7. The lowest BCUT2D eigenvalue weighted by Gasteiger charge is -2.12. The number of anilines is 1. The lowest BCUT2D eigenvalue weighted by Crippen LogP contribution is -2.26. The molecule has 0 aliphatic carbocycles. The van der Waals surface area contributed by atoms with Gasteiger partial charge in [0.25, 0.3) is 11.5 Å². The van der Waals surface area contributed by atoms with Gasteiger partial charge in [-0.3, -0.25) is 14.0 Å². The van der Waals surface area contributed by atoms with Crippen LogP contribution >= 0.6 is 27.5 Å². The van der Waals surface area contributed by atoms with Crippen LogP contribution in [0.1, 0.15) is 21.7 Å². The van der Waals surface area contributed by atoms with E-state index in [0.29, 0.717) is 16.4 Å². The number of carbonyl (C=O) groups is 1. The lowest BCUT2D eigenvalue weighted by atomic mass is 10.2. The van der Waals surface area contributed by atoms with Crippen LogP contribution in [0.15, 0.2) is 45.7 Å². The standard InChI is InChI=1S/C17H13BrClN3O2/c1-9-4-3-5-14-20-10(2)15(17(24)22(9)14)21-16(23)12-8-11(18)6-7-13(12)19/h3-8H,1-2H3,(H,21,23). The molecule has 0 spiro atoms. The number of pyridine rings is 1. The van der Waals surface area contributed by atoms with Crippen LogP contribution < -0.4 is 10.9 Å². The van der Waals surface area contributed by atoms with Gasteiger partial charge in [0.1, 0.15) is 11.3 Å². The molecule has 3 rings (SSSR count). The van der Waals surface area contributed by atoms with Crippen LogP contribution in [0.4, 0.5) is 5.69 Å². The van der Waals surface area contributed by atoms with Crippen molar-refractivity contribution in [1.29, 1.82) is 0 Å². The molecule has 0 unspecified atom stereocenters. The Bertz CT molecular complexity index is 1030. The minimum absolute atomic E-state index is 0.142. The zero-order chi connectivity index (χ0) is 17.4. The molecule has 0 saturated heterocycles. The second kappa shape index (κ2) is 6.37. The molecule has 0 radical (unpaired) electrons. The SMILES string of the molecule is Cc1nc2cccc(C)n2c(=O)c1NC(=O)c1cc(Br)ccc1Cl. The largest absolute Gasteiger partial charge is 0.316 e. The quantitative estimate of drug-likeness (QED) is 0.700. The third-order valence-corrected chi connectivity index (χ3v) is 4.46. The molecular weight excluding hydrogens is 394 g/mol. The molecule has 1 N–H and O–H groups in total. The Morgan fingerprint density at radius 3 is 2.75 bits per heavy atom. The van der Waals surface area contributed by atoms with Gasteiger partial charge in [0.05, 0.1) is 16.3 Å². The average Bonchev–Trinajstić information content (AvgIpc) is 2.53. The fourth-order valence-corrected chi connectivity index (χ4v) is 3.01. The summed E-state index contributed by atoms with van der Waals surface area (Å²) in [5.41, 5.74) is 1.82. The van der Waals surface area contributed by atoms with Gasteiger partial charge in [0.2, 0.25) is 0 Å². The van der Waals surface area contributed by atoms with Crippen molar-refractivity contribution in [2.75, 3.05) is 5.32 Å². The number of rotatable bonds is 2. The van der Waals surface area contributed by atoms with Crippen LogP contribution in [-0.2, 0) is 0 Å². The minimum atomic E-state index is -0.461. The molecule has 3 aromatic rings. The second-order valence-corrected chi connectivity index (χ2v) is 6.64. The summed E-state index contributed by atoms with van der Waals surface area (Å²) < 4.78 is 2.18. The number of amides is 1. The van der Waals surface area contributed by atoms with E-state index in [2.05, 4.69) is 26.2 Å². The topological polar surface area (TPSA) is 63.5 Å². The number of hydrogen-bond donors (Lipinski definition) is 1. The Morgan fingerprint density at radius 1 is 1.25 bits per heavy atom. The van der Waals surface area contributed by atoms with Crippen molar-refractivity contribution in [2.45, 2.75) is 13.8 Å². The Morgan fingerprint density at radius 2 is 2.00 bits per heavy atom. The molecule has 2 aromatic heterocycles. The van der Waals surface area contributed by atoms with Crippen molar-refractivity contribution in [1.82, 2.24) is 9.38 Å². The van der Waals surface area contributed by atoms with Crippen LogP contribution in [0.2, 0.25) is 5.02 Å². The number of carbonyl (C=O) groups excluding carboxylic acids is 1. The monoisotopic (exact) mass is 405 g/mol. The number of aromatic nitrogens is 2. The first-order valence-corrected chi connectivity index (χ1v) is 8.31. The number of fused-ring (bicyclic) bond motifs is 1. The highest BCUT2D eigenvalue weighted by Gasteiger charge is 2.17. The van der Waals surface area contributed by atoms with Crippen molar-refractivity contribution in [3.8, 4) is 0 Å². The highest BCUT2D eigenvalue weighted by Crippen LogP contribution is 2.22. The van der Waals surface area contributed by atoms with Gasteiger partial charge in [0, 0.05) is 10.2 Å². The van der Waals surface area contributed by atoms with E-state index in [0.717, 1.165) is 10.2 Å². The number of hydrogen-bond acceptors (Lipinski definition) is 3. The van der Waals surface area contributed by atoms with E-state index in [4.69, 9.17) is 11.6 Å². The molecule has 2 heterocycles. The number of nitrogens with zero attached hydrogens (tertiary/aromatic N) is 2. The summed E-state index contributed by atoms with van der Waals surface area (Å²) in [5.74, 6) is -0.461. The van der Waals surface area contributed by atoms with E-state index >= 15 is 0 Å². The molecule has 0 fully saturated rings. The van der Waals surface area contributed by atoms with E-state index in [-0.39, 0.29) is 16.8 Å². The predicted molar refractivity (Wildman–Crippen MR) is 98.0 cm³/mol. The zero-order valence-electron chi connectivity index (χ0n) is 12.9. The van der Waals surface area contributed by atoms with Gasteiger partial charge in [-0.15, -0.1) is 0 Å². The first-order chi connectivity index (χ1) is 11.4. The van der Waals surface area contributed by atoms with Crippen molar-refractivity contribution in [2.24, 2.45) is 0 Å². The molecule has 122 valence electrons. The highest BCUT2D eigenvalue weighted by atomic mass is 79.9. The van der Waals surface area contributed by atoms with Gasteiger partial charge in [-0.1, -0.05) is 33.6 Å². The van der Waals surface area contributed by atoms with Gasteiger partial charge >= 0.3 is 0 Å². The number of nitrogens with one attached hydrogen (secondary N) is 1. The predicted octanol–water partition coefficient (Wildman–Crippen LogP) is 3.98. The molecule has 1 aromatic carbocycles. The smallest absolute Gasteiger partial charge is 0.282 e. The fraction of sp³-hybridized carbons (Fsp3) is 0.118. The molecular formula is C17H13BrClN3O2. The molecule has 24 heavy (non-hydrogen) atoms. The number of aryl methyl sites for hydroxylation is 2. The summed E-state index contributed by atoms with van der Waals surface area (Å²) >= 11 is 9.38. The lowest BCUT2D eigenvalue weighted by molar-refractivity contribution is 0.102. The zero-order valence-corrected chi connectivity index (χ0v) is 15.3. The van der Waals surface area contributed by atoms with E-state index in [1.807, 2.05) is 19.1 Å². The summed E-state index contributed by atoms with van der Waals surface area (Å²) in [5, 5.41) is 2.95. The maximum Gasteiger partial charge on any atom is 0.282 e. The highest BCUT2D eigenvalue weighted by molar-refractivity contribution is 9.10. The summed E-state index contributed by atoms with van der Waals surface area (Å²) in [4.78, 5) is 29.7. The fourth-order valence-electron chi connectivity index (χ4n) is 2.45. The Balaban J connectivity index is 2.10. The van der Waals surface area contributed by atoms with Crippen LogP contribution in [-0.4, -0.2) is 15.3 Å². The van der Waals surface area contributed by atoms with E-state index in [1.165, 1.54) is 4.40 Å². The first-order valence-electron chi connectivity index (χ1n) is 7.14. The van der Waals surface area contributed by atoms with Crippen LogP contribution in [0, 0.1) is 13.8 Å². The molecule has 0 atom stereocenters. The van der Waals surface area contributed by atoms with Gasteiger partial charge < -0.3 is 5.32 Å². The Kier molecular flexibility index (Phi) is 4.43. The number of benzene rings is 1. The van der Waals surface area contributed by atoms with Crippen LogP contribution in [0.5, 0.6) is 0 Å². The Labute approximate surface area is 151 Å². The number of halogens is 2. The van der Waals surface area contributed by atoms with Gasteiger partial charge in [-0.2, -0.15) is 0 Å².